The molecular weight excluding hydrogens is 901 g/mol. The van der Waals surface area contributed by atoms with Gasteiger partial charge in [0.15, 0.2) is 5.82 Å². The summed E-state index contributed by atoms with van der Waals surface area (Å²) in [5, 5.41) is 23.7. The van der Waals surface area contributed by atoms with Gasteiger partial charge < -0.3 is 35.5 Å². The van der Waals surface area contributed by atoms with Crippen LogP contribution >= 0.6 is 22.9 Å². The summed E-state index contributed by atoms with van der Waals surface area (Å²) in [6, 6.07) is 19.2. The van der Waals surface area contributed by atoms with Crippen LogP contribution in [-0.2, 0) is 11.3 Å². The van der Waals surface area contributed by atoms with E-state index in [0.29, 0.717) is 64.1 Å². The minimum absolute atomic E-state index is 0.0420. The van der Waals surface area contributed by atoms with E-state index in [0.717, 1.165) is 63.9 Å². The largest absolute Gasteiger partial charge is 0.495 e. The molecule has 0 bridgehead atoms. The van der Waals surface area contributed by atoms with E-state index in [9.17, 15) is 22.8 Å². The highest BCUT2D eigenvalue weighted by Gasteiger charge is 2.33. The Labute approximate surface area is 396 Å². The molecule has 4 N–H and O–H groups in total. The van der Waals surface area contributed by atoms with E-state index < -0.39 is 18.8 Å². The molecule has 1 atom stereocenters. The summed E-state index contributed by atoms with van der Waals surface area (Å²) >= 11 is 7.88. The van der Waals surface area contributed by atoms with Crippen LogP contribution in [0, 0.1) is 32.6 Å². The van der Waals surface area contributed by atoms with Gasteiger partial charge in [0.1, 0.15) is 29.2 Å². The first kappa shape index (κ1) is 47.2. The molecule has 13 nitrogen and oxygen atoms in total. The van der Waals surface area contributed by atoms with E-state index in [-0.39, 0.29) is 36.5 Å². The quantitative estimate of drug-likeness (QED) is 0.0629. The molecule has 2 amide bonds. The molecule has 350 valence electrons. The van der Waals surface area contributed by atoms with Gasteiger partial charge in [-0.2, -0.15) is 13.2 Å². The van der Waals surface area contributed by atoms with E-state index in [4.69, 9.17) is 21.3 Å². The smallest absolute Gasteiger partial charge is 0.406 e. The number of aryl methyl sites for hydroxylation is 2. The number of methoxy groups -OCH3 is 1. The van der Waals surface area contributed by atoms with Crippen molar-refractivity contribution >= 4 is 62.7 Å². The second-order valence-corrected chi connectivity index (χ2v) is 18.5. The van der Waals surface area contributed by atoms with Crippen molar-refractivity contribution in [2.24, 2.45) is 4.99 Å². The Balaban J connectivity index is 0.859. The van der Waals surface area contributed by atoms with Gasteiger partial charge in [-0.15, -0.1) is 21.5 Å². The zero-order chi connectivity index (χ0) is 47.4. The number of alkyl halides is 3. The van der Waals surface area contributed by atoms with Crippen LogP contribution < -0.4 is 26.0 Å². The van der Waals surface area contributed by atoms with Crippen LogP contribution in [0.3, 0.4) is 0 Å². The lowest BCUT2D eigenvalue weighted by Crippen LogP contribution is -2.36. The molecule has 2 aliphatic heterocycles. The third-order valence-electron chi connectivity index (χ3n) is 12.1. The number of carbonyl (C=O) groups is 2. The lowest BCUT2D eigenvalue weighted by molar-refractivity contribution is -0.140. The first-order valence-corrected chi connectivity index (χ1v) is 23.3. The Kier molecular flexibility index (Phi) is 14.3. The standard InChI is InChI=1S/C49H52ClF3N10O3S/c1-29-30(2)67-48-44(29)45(32-12-15-34(50)16-13-32)58-40(46-60-59-31(3)63(46)48)27-43(64)55-21-8-22-56-47(65)33-14-17-39(42(25-33)66-5)54-20-7-9-36-26-37-38(57-35-18-23-61(4)24-19-35)10-6-11-41(37)62(36)28-49(51,52)53/h6,10-17,25-26,35,40,54,57H,8,18-24,27-28H2,1-5H3,(H,55,64)(H,56,65)/t40-/m0/s1. The van der Waals surface area contributed by atoms with E-state index in [2.05, 4.69) is 69.1 Å². The van der Waals surface area contributed by atoms with Gasteiger partial charge in [-0.1, -0.05) is 35.7 Å². The molecule has 3 aromatic heterocycles. The number of hydrogen-bond donors (Lipinski definition) is 4. The number of aromatic nitrogens is 4. The maximum atomic E-state index is 13.8. The fourth-order valence-corrected chi connectivity index (χ4v) is 9.83. The lowest BCUT2D eigenvalue weighted by atomic mass is 9.99. The summed E-state index contributed by atoms with van der Waals surface area (Å²) in [6.07, 6.45) is -2.03. The third-order valence-corrected chi connectivity index (χ3v) is 13.6. The molecule has 8 rings (SSSR count). The zero-order valence-electron chi connectivity index (χ0n) is 37.9. The van der Waals surface area contributed by atoms with Crippen LogP contribution in [0.4, 0.5) is 24.5 Å². The number of thiophene rings is 1. The lowest BCUT2D eigenvalue weighted by Gasteiger charge is -2.30. The van der Waals surface area contributed by atoms with Crippen molar-refractivity contribution in [2.75, 3.05) is 57.5 Å². The highest BCUT2D eigenvalue weighted by Crippen LogP contribution is 2.40. The summed E-state index contributed by atoms with van der Waals surface area (Å²) < 4.78 is 50.2. The summed E-state index contributed by atoms with van der Waals surface area (Å²) in [5.74, 6) is 7.07. The number of anilines is 2. The second kappa shape index (κ2) is 20.3. The minimum Gasteiger partial charge on any atom is -0.495 e. The van der Waals surface area contributed by atoms with Crippen molar-refractivity contribution in [3.8, 4) is 22.6 Å². The summed E-state index contributed by atoms with van der Waals surface area (Å²) in [4.78, 5) is 35.2. The predicted molar refractivity (Wildman–Crippen MR) is 258 cm³/mol. The number of nitrogens with one attached hydrogen (secondary N) is 4. The topological polar surface area (TPSA) is 143 Å². The predicted octanol–water partition coefficient (Wildman–Crippen LogP) is 8.62. The summed E-state index contributed by atoms with van der Waals surface area (Å²) in [6.45, 7) is 7.50. The van der Waals surface area contributed by atoms with Crippen molar-refractivity contribution in [1.29, 1.82) is 0 Å². The molecule has 2 aliphatic rings. The van der Waals surface area contributed by atoms with Gasteiger partial charge in [0.2, 0.25) is 5.91 Å². The molecule has 0 aliphatic carbocycles. The second-order valence-electron chi connectivity index (χ2n) is 16.8. The van der Waals surface area contributed by atoms with Crippen LogP contribution in [0.2, 0.25) is 5.02 Å². The van der Waals surface area contributed by atoms with Crippen LogP contribution in [0.1, 0.15) is 81.0 Å². The van der Waals surface area contributed by atoms with E-state index in [1.165, 1.54) is 11.7 Å². The number of halogens is 4. The van der Waals surface area contributed by atoms with Gasteiger partial charge in [-0.3, -0.25) is 19.1 Å². The Morgan fingerprint density at radius 2 is 1.73 bits per heavy atom. The van der Waals surface area contributed by atoms with Crippen molar-refractivity contribution in [3.63, 3.8) is 0 Å². The first-order valence-electron chi connectivity index (χ1n) is 22.1. The Morgan fingerprint density at radius 1 is 0.970 bits per heavy atom. The fourth-order valence-electron chi connectivity index (χ4n) is 8.49. The van der Waals surface area contributed by atoms with Gasteiger partial charge in [0.05, 0.1) is 42.7 Å². The number of benzene rings is 3. The third kappa shape index (κ3) is 10.8. The SMILES string of the molecule is COc1cc(C(=O)NCCCNC(=O)C[C@@H]2N=C(c3ccc(Cl)cc3)c3c(sc(C)c3C)-n3c(C)nnc32)ccc1NCC#Cc1cc2c(NC3CCN(C)CC3)cccc2n1CC(F)(F)F. The van der Waals surface area contributed by atoms with Crippen LogP contribution in [0.5, 0.6) is 5.75 Å². The van der Waals surface area contributed by atoms with Gasteiger partial charge in [-0.25, -0.2) is 0 Å². The fraction of sp³-hybridized carbons (Fsp3) is 0.367. The average molecular weight is 954 g/mol. The van der Waals surface area contributed by atoms with Crippen molar-refractivity contribution in [1.82, 2.24) is 34.9 Å². The molecule has 0 radical (unpaired) electrons. The highest BCUT2D eigenvalue weighted by molar-refractivity contribution is 7.15. The van der Waals surface area contributed by atoms with Gasteiger partial charge in [0.25, 0.3) is 5.91 Å². The Hall–Kier alpha value is -6.35. The van der Waals surface area contributed by atoms with Crippen molar-refractivity contribution < 1.29 is 27.5 Å². The van der Waals surface area contributed by atoms with Crippen molar-refractivity contribution in [3.05, 3.63) is 116 Å². The molecule has 18 heteroatoms. The molecular formula is C49H52ClF3N10O3S. The maximum absolute atomic E-state index is 13.8. The van der Waals surface area contributed by atoms with Crippen LogP contribution in [0.15, 0.2) is 71.7 Å². The summed E-state index contributed by atoms with van der Waals surface area (Å²) in [5.41, 5.74) is 6.16. The first-order chi connectivity index (χ1) is 32.2. The number of carbonyl (C=O) groups excluding carboxylic acids is 2. The molecule has 1 fully saturated rings. The van der Waals surface area contributed by atoms with Gasteiger partial charge in [-0.05, 0) is 120 Å². The van der Waals surface area contributed by atoms with Gasteiger partial charge in [0, 0.05) is 56.8 Å². The molecule has 67 heavy (non-hydrogen) atoms. The molecule has 0 unspecified atom stereocenters. The van der Waals surface area contributed by atoms with Crippen LogP contribution in [0.25, 0.3) is 15.9 Å². The summed E-state index contributed by atoms with van der Waals surface area (Å²) in [7, 11) is 3.56. The Bertz CT molecular complexity index is 2890. The zero-order valence-corrected chi connectivity index (χ0v) is 39.5. The maximum Gasteiger partial charge on any atom is 0.406 e. The number of likely N-dealkylation sites (tertiary alicyclic amines) is 1. The number of fused-ring (bicyclic) bond motifs is 4. The monoisotopic (exact) mass is 952 g/mol. The Morgan fingerprint density at radius 3 is 2.48 bits per heavy atom. The number of hydrogen-bond acceptors (Lipinski definition) is 10. The number of rotatable bonds is 14. The van der Waals surface area contributed by atoms with E-state index >= 15 is 0 Å². The number of amides is 2. The molecule has 0 saturated carbocycles. The average Bonchev–Trinajstić information content (AvgIpc) is 3.92. The van der Waals surface area contributed by atoms with Crippen molar-refractivity contribution in [2.45, 2.75) is 71.3 Å². The normalized spacial score (nSPS) is 15.2. The van der Waals surface area contributed by atoms with Gasteiger partial charge >= 0.3 is 6.18 Å². The molecule has 3 aromatic carbocycles. The minimum atomic E-state index is -4.44. The van der Waals surface area contributed by atoms with E-state index in [1.807, 2.05) is 41.8 Å². The highest BCUT2D eigenvalue weighted by atomic mass is 35.5. The number of ether oxygens (including phenoxy) is 1. The number of nitrogens with zero attached hydrogens (tertiary/aromatic N) is 6. The van der Waals surface area contributed by atoms with Crippen LogP contribution in [-0.4, -0.2) is 101 Å². The van der Waals surface area contributed by atoms with E-state index in [1.54, 1.807) is 47.7 Å². The molecule has 0 spiro atoms. The molecule has 1 saturated heterocycles. The number of aliphatic imine (C=N–C) groups is 1. The number of piperidine rings is 1. The molecule has 6 aromatic rings. The molecule has 5 heterocycles.